The first kappa shape index (κ1) is 20.5. The van der Waals surface area contributed by atoms with E-state index in [-0.39, 0.29) is 22.2 Å². The lowest BCUT2D eigenvalue weighted by atomic mass is 10.2. The van der Waals surface area contributed by atoms with E-state index in [1.807, 2.05) is 19.1 Å². The van der Waals surface area contributed by atoms with Crippen LogP contribution in [0.4, 0.5) is 5.69 Å². The normalized spacial score (nSPS) is 11.1. The molecule has 29 heavy (non-hydrogen) atoms. The van der Waals surface area contributed by atoms with E-state index >= 15 is 0 Å². The van der Waals surface area contributed by atoms with Crippen LogP contribution in [0.5, 0.6) is 5.75 Å². The van der Waals surface area contributed by atoms with E-state index in [9.17, 15) is 23.3 Å². The highest BCUT2D eigenvalue weighted by Gasteiger charge is 2.20. The van der Waals surface area contributed by atoms with E-state index in [1.54, 1.807) is 11.3 Å². The third-order valence-corrected chi connectivity index (χ3v) is 6.10. The van der Waals surface area contributed by atoms with Gasteiger partial charge in [0, 0.05) is 27.5 Å². The lowest BCUT2D eigenvalue weighted by Crippen LogP contribution is -2.22. The number of benzene rings is 2. The number of nitrogens with one attached hydrogen (secondary N) is 1. The van der Waals surface area contributed by atoms with Gasteiger partial charge in [-0.15, -0.1) is 11.3 Å². The minimum atomic E-state index is -4.25. The Bertz CT molecular complexity index is 1150. The van der Waals surface area contributed by atoms with Gasteiger partial charge in [-0.05, 0) is 49.4 Å². The van der Waals surface area contributed by atoms with E-state index in [0.29, 0.717) is 12.1 Å². The molecule has 3 rings (SSSR count). The van der Waals surface area contributed by atoms with Crippen molar-refractivity contribution in [1.82, 2.24) is 5.32 Å². The van der Waals surface area contributed by atoms with Gasteiger partial charge in [0.15, 0.2) is 0 Å². The third kappa shape index (κ3) is 5.18. The maximum absolute atomic E-state index is 12.3. The van der Waals surface area contributed by atoms with Crippen molar-refractivity contribution in [2.75, 3.05) is 0 Å². The maximum Gasteiger partial charge on any atom is 0.339 e. The molecule has 150 valence electrons. The Morgan fingerprint density at radius 1 is 1.14 bits per heavy atom. The molecule has 0 radical (unpaired) electrons. The van der Waals surface area contributed by atoms with E-state index < -0.39 is 15.0 Å². The van der Waals surface area contributed by atoms with Crippen LogP contribution in [0.3, 0.4) is 0 Å². The van der Waals surface area contributed by atoms with Crippen LogP contribution >= 0.6 is 11.3 Å². The molecular weight excluding hydrogens is 416 g/mol. The van der Waals surface area contributed by atoms with Crippen LogP contribution in [0, 0.1) is 17.0 Å². The highest BCUT2D eigenvalue weighted by atomic mass is 32.2. The first-order chi connectivity index (χ1) is 13.7. The van der Waals surface area contributed by atoms with Crippen molar-refractivity contribution >= 4 is 33.0 Å². The van der Waals surface area contributed by atoms with E-state index in [4.69, 9.17) is 4.18 Å². The lowest BCUT2D eigenvalue weighted by Gasteiger charge is -2.08. The molecular formula is C19H16N2O6S2. The van der Waals surface area contributed by atoms with Crippen molar-refractivity contribution in [3.8, 4) is 5.75 Å². The number of hydrogen-bond acceptors (Lipinski definition) is 7. The summed E-state index contributed by atoms with van der Waals surface area (Å²) in [6.07, 6.45) is 0. The van der Waals surface area contributed by atoms with Gasteiger partial charge in [-0.1, -0.05) is 6.07 Å². The SMILES string of the molecule is Cc1ccc(CNC(=O)c2ccc(OS(=O)(=O)c3cccc([N+](=O)[O-])c3)cc2)s1. The number of nitrogens with zero attached hydrogens (tertiary/aromatic N) is 1. The molecule has 0 atom stereocenters. The van der Waals surface area contributed by atoms with Crippen LogP contribution in [0.2, 0.25) is 0 Å². The van der Waals surface area contributed by atoms with Crippen LogP contribution in [-0.2, 0) is 16.7 Å². The average molecular weight is 432 g/mol. The van der Waals surface area contributed by atoms with Crippen LogP contribution < -0.4 is 9.50 Å². The Morgan fingerprint density at radius 3 is 2.48 bits per heavy atom. The minimum Gasteiger partial charge on any atom is -0.379 e. The van der Waals surface area contributed by atoms with Gasteiger partial charge in [0.05, 0.1) is 11.5 Å². The molecule has 10 heteroatoms. The first-order valence-electron chi connectivity index (χ1n) is 8.37. The molecule has 8 nitrogen and oxygen atoms in total. The summed E-state index contributed by atoms with van der Waals surface area (Å²) in [4.78, 5) is 24.2. The monoisotopic (exact) mass is 432 g/mol. The average Bonchev–Trinajstić information content (AvgIpc) is 3.11. The second kappa shape index (κ2) is 8.41. The summed E-state index contributed by atoms with van der Waals surface area (Å²) in [5.74, 6) is -0.314. The zero-order chi connectivity index (χ0) is 21.0. The number of nitro benzene ring substituents is 1. The number of hydrogen-bond donors (Lipinski definition) is 1. The topological polar surface area (TPSA) is 116 Å². The lowest BCUT2D eigenvalue weighted by molar-refractivity contribution is -0.385. The van der Waals surface area contributed by atoms with Crippen molar-refractivity contribution in [2.24, 2.45) is 0 Å². The third-order valence-electron chi connectivity index (χ3n) is 3.86. The summed E-state index contributed by atoms with van der Waals surface area (Å²) in [6, 6.07) is 14.1. The van der Waals surface area contributed by atoms with Crippen molar-refractivity contribution in [3.63, 3.8) is 0 Å². The van der Waals surface area contributed by atoms with Gasteiger partial charge in [0.25, 0.3) is 11.6 Å². The number of non-ortho nitro benzene ring substituents is 1. The molecule has 0 fully saturated rings. The first-order valence-corrected chi connectivity index (χ1v) is 10.6. The molecule has 0 bridgehead atoms. The van der Waals surface area contributed by atoms with Gasteiger partial charge in [-0.2, -0.15) is 8.42 Å². The zero-order valence-corrected chi connectivity index (χ0v) is 16.8. The molecule has 0 aliphatic carbocycles. The minimum absolute atomic E-state index is 0.0121. The van der Waals surface area contributed by atoms with Gasteiger partial charge in [0.1, 0.15) is 10.6 Å². The number of nitro groups is 1. The molecule has 2 aromatic carbocycles. The fraction of sp³-hybridized carbons (Fsp3) is 0.105. The molecule has 1 aromatic heterocycles. The van der Waals surface area contributed by atoms with E-state index in [0.717, 1.165) is 15.8 Å². The van der Waals surface area contributed by atoms with Crippen LogP contribution in [0.1, 0.15) is 20.1 Å². The number of amides is 1. The molecule has 1 amide bonds. The Balaban J connectivity index is 1.67. The highest BCUT2D eigenvalue weighted by Crippen LogP contribution is 2.22. The smallest absolute Gasteiger partial charge is 0.339 e. The molecule has 0 aliphatic rings. The highest BCUT2D eigenvalue weighted by molar-refractivity contribution is 7.87. The van der Waals surface area contributed by atoms with Crippen molar-refractivity contribution in [3.05, 3.63) is 86.1 Å². The summed E-state index contributed by atoms with van der Waals surface area (Å²) >= 11 is 1.59. The Morgan fingerprint density at radius 2 is 1.86 bits per heavy atom. The van der Waals surface area contributed by atoms with Crippen molar-refractivity contribution in [2.45, 2.75) is 18.4 Å². The predicted octanol–water partition coefficient (Wildman–Crippen LogP) is 3.66. The Labute approximate surface area is 171 Å². The van der Waals surface area contributed by atoms with Gasteiger partial charge in [0.2, 0.25) is 0 Å². The molecule has 3 aromatic rings. The van der Waals surface area contributed by atoms with Crippen molar-refractivity contribution in [1.29, 1.82) is 0 Å². The second-order valence-electron chi connectivity index (χ2n) is 6.01. The van der Waals surface area contributed by atoms with Gasteiger partial charge < -0.3 is 9.50 Å². The zero-order valence-electron chi connectivity index (χ0n) is 15.2. The van der Waals surface area contributed by atoms with Crippen LogP contribution in [-0.4, -0.2) is 19.2 Å². The number of carbonyl (C=O) groups is 1. The molecule has 0 spiro atoms. The molecule has 0 unspecified atom stereocenters. The summed E-state index contributed by atoms with van der Waals surface area (Å²) in [5.41, 5.74) is -0.0130. The standard InChI is InChI=1S/C19H16N2O6S2/c1-13-5-10-17(28-13)12-20-19(22)14-6-8-16(9-7-14)27-29(25,26)18-4-2-3-15(11-18)21(23)24/h2-11H,12H2,1H3,(H,20,22). The summed E-state index contributed by atoms with van der Waals surface area (Å²) in [7, 11) is -4.25. The Kier molecular flexibility index (Phi) is 5.95. The summed E-state index contributed by atoms with van der Waals surface area (Å²) < 4.78 is 29.7. The number of thiophene rings is 1. The second-order valence-corrected chi connectivity index (χ2v) is 8.93. The van der Waals surface area contributed by atoms with E-state index in [2.05, 4.69) is 5.32 Å². The number of rotatable bonds is 7. The summed E-state index contributed by atoms with van der Waals surface area (Å²) in [6.45, 7) is 2.38. The molecule has 1 heterocycles. The number of carbonyl (C=O) groups excluding carboxylic acids is 1. The van der Waals surface area contributed by atoms with Gasteiger partial charge >= 0.3 is 10.1 Å². The largest absolute Gasteiger partial charge is 0.379 e. The molecule has 0 aliphatic heterocycles. The fourth-order valence-corrected chi connectivity index (χ4v) is 4.24. The van der Waals surface area contributed by atoms with Crippen LogP contribution in [0.15, 0.2) is 65.6 Å². The quantitative estimate of drug-likeness (QED) is 0.346. The van der Waals surface area contributed by atoms with Gasteiger partial charge in [-0.25, -0.2) is 0 Å². The molecule has 0 saturated heterocycles. The summed E-state index contributed by atoms with van der Waals surface area (Å²) in [5, 5.41) is 13.6. The number of aryl methyl sites for hydroxylation is 1. The fourth-order valence-electron chi connectivity index (χ4n) is 2.44. The predicted molar refractivity (Wildman–Crippen MR) is 108 cm³/mol. The van der Waals surface area contributed by atoms with Gasteiger partial charge in [-0.3, -0.25) is 14.9 Å². The van der Waals surface area contributed by atoms with Crippen molar-refractivity contribution < 1.29 is 22.3 Å². The maximum atomic E-state index is 12.3. The van der Waals surface area contributed by atoms with Crippen LogP contribution in [0.25, 0.3) is 0 Å². The molecule has 1 N–H and O–H groups in total. The Hall–Kier alpha value is -3.24. The molecule has 0 saturated carbocycles. The van der Waals surface area contributed by atoms with E-state index in [1.165, 1.54) is 42.5 Å².